The number of hydrogen-bond donors (Lipinski definition) is 0. The highest BCUT2D eigenvalue weighted by Gasteiger charge is 2.27. The highest BCUT2D eigenvalue weighted by Crippen LogP contribution is 2.30. The fourth-order valence-corrected chi connectivity index (χ4v) is 5.72. The van der Waals surface area contributed by atoms with Crippen molar-refractivity contribution in [3.8, 4) is 10.8 Å². The second-order valence-electron chi connectivity index (χ2n) is 7.53. The molecule has 1 atom stereocenters. The average Bonchev–Trinajstić information content (AvgIpc) is 3.46. The van der Waals surface area contributed by atoms with Crippen LogP contribution >= 0.6 is 11.3 Å². The molecule has 0 amide bonds. The summed E-state index contributed by atoms with van der Waals surface area (Å²) in [6, 6.07) is 1.07. The maximum absolute atomic E-state index is 13.9. The van der Waals surface area contributed by atoms with E-state index < -0.39 is 28.2 Å². The molecule has 15 heteroatoms. The Bertz CT molecular complexity index is 1220. The van der Waals surface area contributed by atoms with E-state index in [0.717, 1.165) is 27.9 Å². The Morgan fingerprint density at radius 3 is 2.82 bits per heavy atom. The quantitative estimate of drug-likeness (QED) is 0.422. The number of morpholine rings is 1. The van der Waals surface area contributed by atoms with Gasteiger partial charge in [-0.25, -0.2) is 17.8 Å². The maximum atomic E-state index is 13.9. The van der Waals surface area contributed by atoms with Crippen LogP contribution in [-0.2, 0) is 21.3 Å². The van der Waals surface area contributed by atoms with Crippen molar-refractivity contribution in [1.29, 1.82) is 0 Å². The van der Waals surface area contributed by atoms with Crippen molar-refractivity contribution < 1.29 is 30.7 Å². The van der Waals surface area contributed by atoms with Gasteiger partial charge >= 0.3 is 6.43 Å². The molecule has 4 rings (SSSR count). The molecule has 1 saturated heterocycles. The normalized spacial score (nSPS) is 17.4. The predicted molar refractivity (Wildman–Crippen MR) is 116 cm³/mol. The van der Waals surface area contributed by atoms with Crippen molar-refractivity contribution in [3.05, 3.63) is 41.4 Å². The van der Waals surface area contributed by atoms with Gasteiger partial charge in [0.05, 0.1) is 49.3 Å². The molecular weight excluding hydrogens is 497 g/mol. The number of alkyl halides is 2. The molecule has 34 heavy (non-hydrogen) atoms. The van der Waals surface area contributed by atoms with Gasteiger partial charge in [0.2, 0.25) is 10.0 Å². The summed E-state index contributed by atoms with van der Waals surface area (Å²) in [6.45, 7) is 3.71. The van der Waals surface area contributed by atoms with Crippen LogP contribution in [0.5, 0.6) is 0 Å². The second kappa shape index (κ2) is 10.3. The van der Waals surface area contributed by atoms with Crippen LogP contribution in [-0.4, -0.2) is 71.6 Å². The van der Waals surface area contributed by atoms with Crippen LogP contribution < -0.4 is 4.31 Å². The number of rotatable bonds is 9. The summed E-state index contributed by atoms with van der Waals surface area (Å²) in [5.41, 5.74) is 0.0462. The van der Waals surface area contributed by atoms with E-state index in [4.69, 9.17) is 9.15 Å². The lowest BCUT2D eigenvalue weighted by atomic mass is 10.3. The first-order valence-electron chi connectivity index (χ1n) is 10.2. The van der Waals surface area contributed by atoms with Crippen molar-refractivity contribution in [2.24, 2.45) is 0 Å². The van der Waals surface area contributed by atoms with Crippen LogP contribution in [0, 0.1) is 5.82 Å². The van der Waals surface area contributed by atoms with Gasteiger partial charge in [-0.05, 0) is 6.92 Å². The van der Waals surface area contributed by atoms with E-state index in [1.54, 1.807) is 0 Å². The van der Waals surface area contributed by atoms with Crippen LogP contribution in [0.3, 0.4) is 0 Å². The molecule has 0 radical (unpaired) electrons. The third kappa shape index (κ3) is 5.89. The molecule has 4 heterocycles. The van der Waals surface area contributed by atoms with Gasteiger partial charge in [-0.15, -0.1) is 21.5 Å². The fourth-order valence-electron chi connectivity index (χ4n) is 3.36. The number of hydrogen-bond acceptors (Lipinski definition) is 10. The molecule has 1 fully saturated rings. The molecule has 0 bridgehead atoms. The molecule has 0 aliphatic carbocycles. The van der Waals surface area contributed by atoms with E-state index >= 15 is 0 Å². The van der Waals surface area contributed by atoms with Crippen LogP contribution in [0.4, 0.5) is 18.9 Å². The van der Waals surface area contributed by atoms with Gasteiger partial charge in [-0.1, -0.05) is 0 Å². The zero-order valence-corrected chi connectivity index (χ0v) is 19.6. The molecule has 1 aliphatic heterocycles. The molecule has 0 aromatic carbocycles. The van der Waals surface area contributed by atoms with Gasteiger partial charge in [0.1, 0.15) is 15.7 Å². The molecule has 184 valence electrons. The molecular formula is C19H21F3N6O4S2. The monoisotopic (exact) mass is 518 g/mol. The Morgan fingerprint density at radius 1 is 1.29 bits per heavy atom. The van der Waals surface area contributed by atoms with E-state index in [0.29, 0.717) is 29.6 Å². The first-order valence-corrected chi connectivity index (χ1v) is 12.7. The highest BCUT2D eigenvalue weighted by atomic mass is 32.2. The average molecular weight is 519 g/mol. The SMILES string of the molecule is C[C@H]1CN(CCS(=O)(=O)N(Cc2ncc(-c3nnc(C(F)F)o3)s2)c2cncc(F)c2)CCO1. The third-order valence-electron chi connectivity index (χ3n) is 4.98. The van der Waals surface area contributed by atoms with E-state index in [2.05, 4.69) is 20.2 Å². The predicted octanol–water partition coefficient (Wildman–Crippen LogP) is 2.72. The molecule has 3 aromatic heterocycles. The highest BCUT2D eigenvalue weighted by molar-refractivity contribution is 7.92. The van der Waals surface area contributed by atoms with E-state index in [1.807, 2.05) is 11.8 Å². The summed E-state index contributed by atoms with van der Waals surface area (Å²) >= 11 is 1.00. The molecule has 0 unspecified atom stereocenters. The summed E-state index contributed by atoms with van der Waals surface area (Å²) in [4.78, 5) is 10.2. The largest absolute Gasteiger partial charge is 0.414 e. The van der Waals surface area contributed by atoms with Gasteiger partial charge in [0.15, 0.2) is 0 Å². The van der Waals surface area contributed by atoms with Gasteiger partial charge in [0.25, 0.3) is 11.8 Å². The van der Waals surface area contributed by atoms with Crippen LogP contribution in [0.15, 0.2) is 29.1 Å². The van der Waals surface area contributed by atoms with Crippen LogP contribution in [0.2, 0.25) is 0 Å². The van der Waals surface area contributed by atoms with Crippen LogP contribution in [0.1, 0.15) is 24.2 Å². The number of sulfonamides is 1. The Labute approximate surface area is 197 Å². The Hall–Kier alpha value is -2.62. The number of nitrogens with zero attached hydrogens (tertiary/aromatic N) is 6. The van der Waals surface area contributed by atoms with Crippen molar-refractivity contribution >= 4 is 27.0 Å². The number of ether oxygens (including phenoxy) is 1. The Kier molecular flexibility index (Phi) is 7.45. The summed E-state index contributed by atoms with van der Waals surface area (Å²) in [5.74, 6) is -1.87. The number of halogens is 3. The molecule has 0 N–H and O–H groups in total. The summed E-state index contributed by atoms with van der Waals surface area (Å²) in [6.07, 6.45) is 0.639. The first kappa shape index (κ1) is 24.5. The van der Waals surface area contributed by atoms with E-state index in [-0.39, 0.29) is 36.5 Å². The number of thiazole rings is 1. The summed E-state index contributed by atoms with van der Waals surface area (Å²) in [5, 5.41) is 7.17. The Morgan fingerprint density at radius 2 is 2.12 bits per heavy atom. The minimum atomic E-state index is -3.91. The fraction of sp³-hybridized carbons (Fsp3) is 0.474. The number of aromatic nitrogens is 4. The van der Waals surface area contributed by atoms with Gasteiger partial charge < -0.3 is 9.15 Å². The second-order valence-corrected chi connectivity index (χ2v) is 10.7. The van der Waals surface area contributed by atoms with Crippen molar-refractivity contribution in [2.75, 3.05) is 36.3 Å². The minimum Gasteiger partial charge on any atom is -0.414 e. The maximum Gasteiger partial charge on any atom is 0.314 e. The standard InChI is InChI=1S/C19H21F3N6O4S2/c1-12-10-27(2-4-31-12)3-5-34(29,30)28(14-6-13(20)7-23-8-14)11-16-24-9-15(33-16)18-25-26-19(32-18)17(21)22/h6-9,12,17H,2-5,10-11H2,1H3/t12-/m0/s1. The minimum absolute atomic E-state index is 0.00371. The van der Waals surface area contributed by atoms with Crippen molar-refractivity contribution in [2.45, 2.75) is 26.0 Å². The lowest BCUT2D eigenvalue weighted by Gasteiger charge is -2.31. The molecule has 0 spiro atoms. The zero-order chi connectivity index (χ0) is 24.3. The van der Waals surface area contributed by atoms with E-state index in [1.165, 1.54) is 12.4 Å². The topological polar surface area (TPSA) is 115 Å². The first-order chi connectivity index (χ1) is 16.2. The smallest absolute Gasteiger partial charge is 0.314 e. The lowest BCUT2D eigenvalue weighted by molar-refractivity contribution is -0.0160. The Balaban J connectivity index is 1.55. The van der Waals surface area contributed by atoms with Crippen molar-refractivity contribution in [1.82, 2.24) is 25.1 Å². The molecule has 0 saturated carbocycles. The van der Waals surface area contributed by atoms with E-state index in [9.17, 15) is 21.6 Å². The summed E-state index contributed by atoms with van der Waals surface area (Å²) in [7, 11) is -3.91. The summed E-state index contributed by atoms with van der Waals surface area (Å²) < 4.78 is 77.3. The molecule has 10 nitrogen and oxygen atoms in total. The zero-order valence-electron chi connectivity index (χ0n) is 18.0. The lowest BCUT2D eigenvalue weighted by Crippen LogP contribution is -2.44. The van der Waals surface area contributed by atoms with Crippen molar-refractivity contribution in [3.63, 3.8) is 0 Å². The van der Waals surface area contributed by atoms with Crippen LogP contribution in [0.25, 0.3) is 10.8 Å². The third-order valence-corrected chi connectivity index (χ3v) is 7.66. The van der Waals surface area contributed by atoms with Gasteiger partial charge in [-0.3, -0.25) is 14.2 Å². The van der Waals surface area contributed by atoms with Gasteiger partial charge in [-0.2, -0.15) is 8.78 Å². The number of pyridine rings is 1. The number of anilines is 1. The molecule has 3 aromatic rings. The van der Waals surface area contributed by atoms with Gasteiger partial charge in [0, 0.05) is 25.7 Å². The molecule has 1 aliphatic rings.